The summed E-state index contributed by atoms with van der Waals surface area (Å²) in [6, 6.07) is 8.22. The van der Waals surface area contributed by atoms with Crippen LogP contribution in [0.15, 0.2) is 24.3 Å². The number of benzene rings is 1. The van der Waals surface area contributed by atoms with E-state index < -0.39 is 0 Å². The fourth-order valence-corrected chi connectivity index (χ4v) is 5.29. The number of piperazine rings is 1. The zero-order valence-corrected chi connectivity index (χ0v) is 19.3. The number of hydrogen-bond acceptors (Lipinski definition) is 2. The topological polar surface area (TPSA) is 38.3 Å². The van der Waals surface area contributed by atoms with E-state index in [1.165, 1.54) is 23.3 Å². The molecule has 29 heavy (non-hydrogen) atoms. The lowest BCUT2D eigenvalue weighted by molar-refractivity contribution is -1.02. The smallest absolute Gasteiger partial charge is 0.127 e. The van der Waals surface area contributed by atoms with Gasteiger partial charge in [0.2, 0.25) is 0 Å². The van der Waals surface area contributed by atoms with Gasteiger partial charge in [-0.05, 0) is 42.7 Å². The van der Waals surface area contributed by atoms with Crippen LogP contribution in [0.2, 0.25) is 5.02 Å². The van der Waals surface area contributed by atoms with Crippen LogP contribution in [-0.4, -0.2) is 56.6 Å². The quantitative estimate of drug-likeness (QED) is 0.591. The van der Waals surface area contributed by atoms with Gasteiger partial charge in [0, 0.05) is 10.6 Å². The normalized spacial score (nSPS) is 31.7. The maximum Gasteiger partial charge on any atom is 0.127 e. The average Bonchev–Trinajstić information content (AvgIpc) is 2.69. The van der Waals surface area contributed by atoms with Crippen molar-refractivity contribution in [1.29, 1.82) is 0 Å². The molecule has 1 aromatic rings. The summed E-state index contributed by atoms with van der Waals surface area (Å²) in [5.74, 6) is 2.05. The van der Waals surface area contributed by atoms with Crippen LogP contribution in [-0.2, 0) is 11.3 Å². The van der Waals surface area contributed by atoms with Crippen molar-refractivity contribution in [2.24, 2.45) is 17.8 Å². The summed E-state index contributed by atoms with van der Waals surface area (Å²) >= 11 is 5.98. The molecule has 0 aromatic heterocycles. The van der Waals surface area contributed by atoms with Crippen molar-refractivity contribution < 1.29 is 19.6 Å². The third-order valence-corrected chi connectivity index (χ3v) is 7.27. The lowest BCUT2D eigenvalue weighted by Gasteiger charge is -2.37. The highest BCUT2D eigenvalue weighted by molar-refractivity contribution is 6.30. The van der Waals surface area contributed by atoms with E-state index in [1.54, 1.807) is 4.90 Å². The van der Waals surface area contributed by atoms with E-state index in [-0.39, 0.29) is 6.10 Å². The Labute approximate surface area is 182 Å². The van der Waals surface area contributed by atoms with Gasteiger partial charge in [-0.15, -0.1) is 0 Å². The van der Waals surface area contributed by atoms with E-state index in [0.29, 0.717) is 24.5 Å². The van der Waals surface area contributed by atoms with Gasteiger partial charge in [0.1, 0.15) is 45.4 Å². The molecule has 0 unspecified atom stereocenters. The van der Waals surface area contributed by atoms with Gasteiger partial charge < -0.3 is 19.6 Å². The molecule has 3 rings (SSSR count). The number of ether oxygens (including phenoxy) is 1. The Bertz CT molecular complexity index is 601. The number of aliphatic hydroxyl groups is 1. The maximum absolute atomic E-state index is 10.6. The molecule has 1 aliphatic heterocycles. The lowest BCUT2D eigenvalue weighted by atomic mass is 9.75. The molecule has 2 aliphatic rings. The van der Waals surface area contributed by atoms with E-state index in [0.717, 1.165) is 56.6 Å². The van der Waals surface area contributed by atoms with E-state index in [2.05, 4.69) is 32.9 Å². The van der Waals surface area contributed by atoms with E-state index >= 15 is 0 Å². The molecule has 1 saturated heterocycles. The molecule has 0 spiro atoms. The van der Waals surface area contributed by atoms with Crippen molar-refractivity contribution in [3.05, 3.63) is 34.9 Å². The van der Waals surface area contributed by atoms with Gasteiger partial charge in [-0.3, -0.25) is 0 Å². The highest BCUT2D eigenvalue weighted by Gasteiger charge is 2.32. The van der Waals surface area contributed by atoms with Gasteiger partial charge >= 0.3 is 0 Å². The third-order valence-electron chi connectivity index (χ3n) is 7.02. The average molecular weight is 425 g/mol. The second kappa shape index (κ2) is 11.1. The Morgan fingerprint density at radius 1 is 1.07 bits per heavy atom. The van der Waals surface area contributed by atoms with Crippen LogP contribution in [0.4, 0.5) is 0 Å². The van der Waals surface area contributed by atoms with Crippen molar-refractivity contribution in [1.82, 2.24) is 0 Å². The number of rotatable bonds is 8. The van der Waals surface area contributed by atoms with Crippen LogP contribution in [0.3, 0.4) is 0 Å². The summed E-state index contributed by atoms with van der Waals surface area (Å²) in [6.07, 6.45) is 3.70. The summed E-state index contributed by atoms with van der Waals surface area (Å²) in [5, 5.41) is 11.4. The first kappa shape index (κ1) is 23.0. The summed E-state index contributed by atoms with van der Waals surface area (Å²) < 4.78 is 6.26. The minimum Gasteiger partial charge on any atom is -0.385 e. The molecule has 2 fully saturated rings. The zero-order chi connectivity index (χ0) is 20.8. The second-order valence-corrected chi connectivity index (χ2v) is 10.3. The molecule has 0 bridgehead atoms. The molecular weight excluding hydrogens is 384 g/mol. The summed E-state index contributed by atoms with van der Waals surface area (Å²) in [5.41, 5.74) is 1.35. The Morgan fingerprint density at radius 2 is 1.72 bits per heavy atom. The number of quaternary nitrogens is 2. The van der Waals surface area contributed by atoms with Crippen LogP contribution in [0.25, 0.3) is 0 Å². The minimum absolute atomic E-state index is 0.323. The molecule has 5 heteroatoms. The standard InChI is InChI=1S/C24H39ClN2O2/c1-18(2)23-9-4-19(3)14-24(23)29-17-22(28)16-27-12-10-26(11-13-27)15-20-5-7-21(25)8-6-20/h5-8,18-19,22-24,28H,4,9-17H2,1-3H3/p+2/t19-,22+,23+,24+/m0/s1. The van der Waals surface area contributed by atoms with Gasteiger partial charge in [0.15, 0.2) is 0 Å². The van der Waals surface area contributed by atoms with E-state index in [1.807, 2.05) is 12.1 Å². The van der Waals surface area contributed by atoms with E-state index in [9.17, 15) is 5.11 Å². The summed E-state index contributed by atoms with van der Waals surface area (Å²) in [4.78, 5) is 3.14. The first-order chi connectivity index (χ1) is 13.9. The molecule has 1 aromatic carbocycles. The Hall–Kier alpha value is -0.650. The monoisotopic (exact) mass is 424 g/mol. The number of hydrogen-bond donors (Lipinski definition) is 3. The van der Waals surface area contributed by atoms with Gasteiger partial charge in [-0.1, -0.05) is 50.9 Å². The maximum atomic E-state index is 10.6. The predicted molar refractivity (Wildman–Crippen MR) is 119 cm³/mol. The van der Waals surface area contributed by atoms with E-state index in [4.69, 9.17) is 16.3 Å². The molecular formula is C24H41ClN2O2+2. The van der Waals surface area contributed by atoms with Crippen molar-refractivity contribution in [2.45, 2.75) is 58.8 Å². The molecule has 0 amide bonds. The highest BCUT2D eigenvalue weighted by Crippen LogP contribution is 2.35. The largest absolute Gasteiger partial charge is 0.385 e. The lowest BCUT2D eigenvalue weighted by Crippen LogP contribution is -3.28. The van der Waals surface area contributed by atoms with Gasteiger partial charge in [-0.2, -0.15) is 0 Å². The van der Waals surface area contributed by atoms with Crippen LogP contribution < -0.4 is 9.80 Å². The predicted octanol–water partition coefficient (Wildman–Crippen LogP) is 1.46. The SMILES string of the molecule is CC(C)[C@H]1CC[C@H](C)C[C@H]1OC[C@H](O)C[NH+]1CC[NH+](Cc2ccc(Cl)cc2)CC1. The second-order valence-electron chi connectivity index (χ2n) is 9.86. The first-order valence-corrected chi connectivity index (χ1v) is 12.0. The molecule has 0 radical (unpaired) electrons. The molecule has 1 heterocycles. The van der Waals surface area contributed by atoms with Crippen LogP contribution in [0.5, 0.6) is 0 Å². The zero-order valence-electron chi connectivity index (χ0n) is 18.5. The minimum atomic E-state index is -0.354. The van der Waals surface area contributed by atoms with Crippen molar-refractivity contribution in [3.8, 4) is 0 Å². The van der Waals surface area contributed by atoms with Crippen LogP contribution >= 0.6 is 11.6 Å². The fraction of sp³-hybridized carbons (Fsp3) is 0.750. The molecule has 4 nitrogen and oxygen atoms in total. The van der Waals surface area contributed by atoms with Gasteiger partial charge in [-0.25, -0.2) is 0 Å². The van der Waals surface area contributed by atoms with Gasteiger partial charge in [0.05, 0.1) is 12.7 Å². The van der Waals surface area contributed by atoms with Crippen molar-refractivity contribution >= 4 is 11.6 Å². The molecule has 1 aliphatic carbocycles. The molecule has 164 valence electrons. The number of aliphatic hydroxyl groups excluding tert-OH is 1. The van der Waals surface area contributed by atoms with Crippen LogP contribution in [0.1, 0.15) is 45.6 Å². The molecule has 1 saturated carbocycles. The molecule has 3 N–H and O–H groups in total. The Kier molecular flexibility index (Phi) is 8.82. The summed E-state index contributed by atoms with van der Waals surface area (Å²) in [6.45, 7) is 13.9. The van der Waals surface area contributed by atoms with Crippen molar-refractivity contribution in [3.63, 3.8) is 0 Å². The van der Waals surface area contributed by atoms with Crippen molar-refractivity contribution in [2.75, 3.05) is 39.3 Å². The Morgan fingerprint density at radius 3 is 2.38 bits per heavy atom. The first-order valence-electron chi connectivity index (χ1n) is 11.6. The third kappa shape index (κ3) is 7.22. The Balaban J connectivity index is 1.37. The fourth-order valence-electron chi connectivity index (χ4n) is 5.16. The number of nitrogens with one attached hydrogen (secondary N) is 2. The van der Waals surface area contributed by atoms with Crippen LogP contribution in [0, 0.1) is 17.8 Å². The highest BCUT2D eigenvalue weighted by atomic mass is 35.5. The van der Waals surface area contributed by atoms with Gasteiger partial charge in [0.25, 0.3) is 0 Å². The molecule has 4 atom stereocenters. The number of halogens is 1. The summed E-state index contributed by atoms with van der Waals surface area (Å²) in [7, 11) is 0.